The highest BCUT2D eigenvalue weighted by Gasteiger charge is 2.16. The Labute approximate surface area is 117 Å². The molecule has 0 bridgehead atoms. The number of nitrogens with one attached hydrogen (secondary N) is 1. The Hall–Kier alpha value is -2.62. The monoisotopic (exact) mass is 269 g/mol. The molecule has 0 aliphatic heterocycles. The lowest BCUT2D eigenvalue weighted by Crippen LogP contribution is -2.26. The molecule has 2 aromatic carbocycles. The molecule has 4 heteroatoms. The number of anilines is 1. The van der Waals surface area contributed by atoms with Gasteiger partial charge >= 0.3 is 5.97 Å². The molecular weight excluding hydrogens is 254 g/mol. The number of aliphatic carboxylic acids is 1. The van der Waals surface area contributed by atoms with E-state index in [2.05, 4.69) is 5.32 Å². The number of carbonyl (C=O) groups is 2. The normalized spacial score (nSPS) is 11.7. The lowest BCUT2D eigenvalue weighted by Gasteiger charge is -2.14. The zero-order chi connectivity index (χ0) is 14.5. The summed E-state index contributed by atoms with van der Waals surface area (Å²) >= 11 is 0. The molecule has 0 spiro atoms. The fourth-order valence-corrected chi connectivity index (χ4v) is 1.85. The van der Waals surface area contributed by atoms with Crippen LogP contribution >= 0.6 is 0 Å². The van der Waals surface area contributed by atoms with E-state index in [9.17, 15) is 9.59 Å². The molecule has 0 saturated heterocycles. The minimum absolute atomic E-state index is 0.133. The van der Waals surface area contributed by atoms with Gasteiger partial charge in [0.25, 0.3) is 0 Å². The van der Waals surface area contributed by atoms with E-state index in [-0.39, 0.29) is 5.78 Å². The Morgan fingerprint density at radius 2 is 1.60 bits per heavy atom. The van der Waals surface area contributed by atoms with Gasteiger partial charge in [-0.05, 0) is 19.1 Å². The lowest BCUT2D eigenvalue weighted by atomic mass is 10.0. The summed E-state index contributed by atoms with van der Waals surface area (Å²) in [5.74, 6) is -1.10. The Balaban J connectivity index is 2.33. The molecule has 0 amide bonds. The maximum absolute atomic E-state index is 12.4. The molecule has 0 radical (unpaired) electrons. The largest absolute Gasteiger partial charge is 0.480 e. The molecule has 0 aliphatic carbocycles. The molecule has 0 saturated carbocycles. The third kappa shape index (κ3) is 3.03. The first-order valence-electron chi connectivity index (χ1n) is 6.27. The molecule has 4 nitrogen and oxygen atoms in total. The lowest BCUT2D eigenvalue weighted by molar-refractivity contribution is -0.137. The number of para-hydroxylation sites is 1. The smallest absolute Gasteiger partial charge is 0.325 e. The number of carbonyl (C=O) groups excluding carboxylic acids is 1. The second kappa shape index (κ2) is 6.02. The summed E-state index contributed by atoms with van der Waals surface area (Å²) in [5, 5.41) is 11.8. The van der Waals surface area contributed by atoms with Gasteiger partial charge < -0.3 is 10.4 Å². The molecule has 0 heterocycles. The summed E-state index contributed by atoms with van der Waals surface area (Å²) in [6.45, 7) is 1.53. The third-order valence-electron chi connectivity index (χ3n) is 2.95. The van der Waals surface area contributed by atoms with Gasteiger partial charge in [-0.15, -0.1) is 0 Å². The van der Waals surface area contributed by atoms with E-state index in [1.807, 2.05) is 6.07 Å². The SMILES string of the molecule is C[C@H](Nc1ccccc1C(=O)c1ccccc1)C(=O)O. The van der Waals surface area contributed by atoms with Gasteiger partial charge in [-0.3, -0.25) is 9.59 Å². The van der Waals surface area contributed by atoms with Crippen LogP contribution in [0.3, 0.4) is 0 Å². The quantitative estimate of drug-likeness (QED) is 0.819. The molecule has 20 heavy (non-hydrogen) atoms. The fourth-order valence-electron chi connectivity index (χ4n) is 1.85. The van der Waals surface area contributed by atoms with Crippen LogP contribution in [0, 0.1) is 0 Å². The van der Waals surface area contributed by atoms with Crippen LogP contribution in [0.25, 0.3) is 0 Å². The van der Waals surface area contributed by atoms with Crippen LogP contribution in [0.5, 0.6) is 0 Å². The maximum atomic E-state index is 12.4. The van der Waals surface area contributed by atoms with Gasteiger partial charge in [0.2, 0.25) is 0 Å². The van der Waals surface area contributed by atoms with E-state index >= 15 is 0 Å². The molecular formula is C16H15NO3. The van der Waals surface area contributed by atoms with Crippen molar-refractivity contribution >= 4 is 17.4 Å². The van der Waals surface area contributed by atoms with Crippen molar-refractivity contribution in [3.05, 3.63) is 65.7 Å². The van der Waals surface area contributed by atoms with Gasteiger partial charge in [-0.25, -0.2) is 0 Å². The average molecular weight is 269 g/mol. The maximum Gasteiger partial charge on any atom is 0.325 e. The van der Waals surface area contributed by atoms with Crippen LogP contribution in [0.2, 0.25) is 0 Å². The van der Waals surface area contributed by atoms with Crippen molar-refractivity contribution in [2.45, 2.75) is 13.0 Å². The standard InChI is InChI=1S/C16H15NO3/c1-11(16(19)20)17-14-10-6-5-9-13(14)15(18)12-7-3-2-4-8-12/h2-11,17H,1H3,(H,19,20)/t11-/m0/s1. The topological polar surface area (TPSA) is 66.4 Å². The highest BCUT2D eigenvalue weighted by Crippen LogP contribution is 2.20. The minimum Gasteiger partial charge on any atom is -0.480 e. The Bertz CT molecular complexity index is 623. The van der Waals surface area contributed by atoms with Crippen molar-refractivity contribution in [2.75, 3.05) is 5.32 Å². The van der Waals surface area contributed by atoms with Gasteiger partial charge in [-0.2, -0.15) is 0 Å². The second-order valence-electron chi connectivity index (χ2n) is 4.44. The first-order valence-corrected chi connectivity index (χ1v) is 6.27. The number of benzene rings is 2. The van der Waals surface area contributed by atoms with Crippen molar-refractivity contribution < 1.29 is 14.7 Å². The highest BCUT2D eigenvalue weighted by atomic mass is 16.4. The molecule has 0 aromatic heterocycles. The molecule has 2 N–H and O–H groups in total. The van der Waals surface area contributed by atoms with E-state index in [0.29, 0.717) is 16.8 Å². The second-order valence-corrected chi connectivity index (χ2v) is 4.44. The number of hydrogen-bond donors (Lipinski definition) is 2. The highest BCUT2D eigenvalue weighted by molar-refractivity contribution is 6.12. The molecule has 1 atom stereocenters. The van der Waals surface area contributed by atoms with Crippen LogP contribution in [0.15, 0.2) is 54.6 Å². The van der Waals surface area contributed by atoms with Crippen molar-refractivity contribution in [2.24, 2.45) is 0 Å². The van der Waals surface area contributed by atoms with Gasteiger partial charge in [-0.1, -0.05) is 42.5 Å². The first-order chi connectivity index (χ1) is 9.59. The van der Waals surface area contributed by atoms with Gasteiger partial charge in [0, 0.05) is 16.8 Å². The molecule has 0 unspecified atom stereocenters. The molecule has 2 rings (SSSR count). The van der Waals surface area contributed by atoms with E-state index in [1.165, 1.54) is 6.92 Å². The van der Waals surface area contributed by atoms with Crippen molar-refractivity contribution in [1.29, 1.82) is 0 Å². The number of hydrogen-bond acceptors (Lipinski definition) is 3. The predicted octanol–water partition coefficient (Wildman–Crippen LogP) is 2.80. The Kier molecular flexibility index (Phi) is 4.15. The van der Waals surface area contributed by atoms with E-state index in [1.54, 1.807) is 48.5 Å². The number of carboxylic acids is 1. The van der Waals surface area contributed by atoms with Crippen LogP contribution in [0.1, 0.15) is 22.8 Å². The zero-order valence-electron chi connectivity index (χ0n) is 11.0. The van der Waals surface area contributed by atoms with E-state index in [0.717, 1.165) is 0 Å². The fraction of sp³-hybridized carbons (Fsp3) is 0.125. The van der Waals surface area contributed by atoms with Gasteiger partial charge in [0.1, 0.15) is 6.04 Å². The van der Waals surface area contributed by atoms with Crippen LogP contribution in [-0.4, -0.2) is 22.9 Å². The molecule has 2 aromatic rings. The summed E-state index contributed by atoms with van der Waals surface area (Å²) < 4.78 is 0. The molecule has 0 fully saturated rings. The number of carboxylic acid groups (broad SMARTS) is 1. The zero-order valence-corrected chi connectivity index (χ0v) is 11.0. The number of ketones is 1. The first kappa shape index (κ1) is 13.8. The van der Waals surface area contributed by atoms with Gasteiger partial charge in [0.05, 0.1) is 0 Å². The Morgan fingerprint density at radius 1 is 1.00 bits per heavy atom. The van der Waals surface area contributed by atoms with Crippen molar-refractivity contribution in [3.63, 3.8) is 0 Å². The summed E-state index contributed by atoms with van der Waals surface area (Å²) in [6.07, 6.45) is 0. The summed E-state index contributed by atoms with van der Waals surface area (Å²) in [7, 11) is 0. The number of rotatable bonds is 5. The summed E-state index contributed by atoms with van der Waals surface area (Å²) in [4.78, 5) is 23.3. The summed E-state index contributed by atoms with van der Waals surface area (Å²) in [5.41, 5.74) is 1.56. The molecule has 0 aliphatic rings. The van der Waals surface area contributed by atoms with Crippen LogP contribution < -0.4 is 5.32 Å². The van der Waals surface area contributed by atoms with Crippen LogP contribution in [0.4, 0.5) is 5.69 Å². The average Bonchev–Trinajstić information content (AvgIpc) is 2.48. The minimum atomic E-state index is -0.966. The van der Waals surface area contributed by atoms with E-state index in [4.69, 9.17) is 5.11 Å². The van der Waals surface area contributed by atoms with Gasteiger partial charge in [0.15, 0.2) is 5.78 Å². The van der Waals surface area contributed by atoms with Crippen molar-refractivity contribution in [3.8, 4) is 0 Å². The van der Waals surface area contributed by atoms with E-state index < -0.39 is 12.0 Å². The van der Waals surface area contributed by atoms with Crippen LogP contribution in [-0.2, 0) is 4.79 Å². The predicted molar refractivity (Wildman–Crippen MR) is 77.0 cm³/mol. The Morgan fingerprint density at radius 3 is 2.25 bits per heavy atom. The third-order valence-corrected chi connectivity index (χ3v) is 2.95. The molecule has 102 valence electrons. The van der Waals surface area contributed by atoms with Crippen molar-refractivity contribution in [1.82, 2.24) is 0 Å². The summed E-state index contributed by atoms with van der Waals surface area (Å²) in [6, 6.07) is 15.0.